The van der Waals surface area contributed by atoms with E-state index in [4.69, 9.17) is 0 Å². The van der Waals surface area contributed by atoms with Crippen LogP contribution in [0.1, 0.15) is 10.4 Å². The van der Waals surface area contributed by atoms with Crippen LogP contribution in [0.15, 0.2) is 18.3 Å². The average molecular weight is 289 g/mol. The molecule has 1 amide bonds. The fourth-order valence-corrected chi connectivity index (χ4v) is 1.59. The second kappa shape index (κ2) is 6.08. The van der Waals surface area contributed by atoms with Crippen LogP contribution in [-0.4, -0.2) is 43.3 Å². The van der Waals surface area contributed by atoms with Gasteiger partial charge in [0.25, 0.3) is 5.91 Å². The number of amides is 1. The average Bonchev–Trinajstić information content (AvgIpc) is 2.34. The van der Waals surface area contributed by atoms with Crippen molar-refractivity contribution in [1.82, 2.24) is 15.6 Å². The molecule has 0 bridgehead atoms. The lowest BCUT2D eigenvalue weighted by Gasteiger charge is -2.27. The zero-order chi connectivity index (χ0) is 14.6. The molecule has 0 spiro atoms. The van der Waals surface area contributed by atoms with E-state index in [-0.39, 0.29) is 17.4 Å². The van der Waals surface area contributed by atoms with Crippen LogP contribution in [0.4, 0.5) is 13.2 Å². The molecular formula is C12H14F3N3O2. The molecule has 1 aromatic rings. The monoisotopic (exact) mass is 289 g/mol. The van der Waals surface area contributed by atoms with Gasteiger partial charge in [-0.05, 0) is 6.07 Å². The first-order valence-electron chi connectivity index (χ1n) is 6.08. The molecule has 2 rings (SSSR count). The minimum Gasteiger partial charge on any atom is -0.468 e. The predicted octanol–water partition coefficient (Wildman–Crippen LogP) is 0.972. The Labute approximate surface area is 113 Å². The number of hydrogen-bond acceptors (Lipinski definition) is 4. The summed E-state index contributed by atoms with van der Waals surface area (Å²) in [4.78, 5) is 15.4. The van der Waals surface area contributed by atoms with Gasteiger partial charge in [0.1, 0.15) is 0 Å². The SMILES string of the molecule is O=C(NCC1CNC1)c1ccc(OCC(F)(F)F)nc1. The van der Waals surface area contributed by atoms with E-state index in [1.54, 1.807) is 0 Å². The Balaban J connectivity index is 1.82. The molecule has 0 aromatic carbocycles. The Morgan fingerprint density at radius 1 is 1.45 bits per heavy atom. The van der Waals surface area contributed by atoms with E-state index in [2.05, 4.69) is 20.4 Å². The standard InChI is InChI=1S/C12H14F3N3O2/c13-12(14,15)7-20-10-2-1-9(6-17-10)11(19)18-5-8-3-16-4-8/h1-2,6,8,16H,3-5,7H2,(H,18,19). The molecule has 1 fully saturated rings. The molecule has 0 aliphatic carbocycles. The van der Waals surface area contributed by atoms with Gasteiger partial charge in [-0.2, -0.15) is 13.2 Å². The molecule has 1 aromatic heterocycles. The van der Waals surface area contributed by atoms with E-state index >= 15 is 0 Å². The number of nitrogens with zero attached hydrogens (tertiary/aromatic N) is 1. The maximum atomic E-state index is 11.9. The molecule has 1 saturated heterocycles. The molecule has 1 aliphatic rings. The minimum atomic E-state index is -4.41. The highest BCUT2D eigenvalue weighted by atomic mass is 19.4. The fourth-order valence-electron chi connectivity index (χ4n) is 1.59. The number of halogens is 3. The molecule has 1 aliphatic heterocycles. The number of ether oxygens (including phenoxy) is 1. The summed E-state index contributed by atoms with van der Waals surface area (Å²) in [5.74, 6) is -0.0323. The van der Waals surface area contributed by atoms with Crippen molar-refractivity contribution in [1.29, 1.82) is 0 Å². The molecule has 0 unspecified atom stereocenters. The molecule has 110 valence electrons. The molecule has 2 N–H and O–H groups in total. The molecule has 0 atom stereocenters. The topological polar surface area (TPSA) is 63.2 Å². The van der Waals surface area contributed by atoms with E-state index in [1.165, 1.54) is 18.3 Å². The van der Waals surface area contributed by atoms with Crippen molar-refractivity contribution in [2.24, 2.45) is 5.92 Å². The lowest BCUT2D eigenvalue weighted by molar-refractivity contribution is -0.154. The molecule has 0 saturated carbocycles. The van der Waals surface area contributed by atoms with Crippen molar-refractivity contribution in [3.63, 3.8) is 0 Å². The smallest absolute Gasteiger partial charge is 0.422 e. The van der Waals surface area contributed by atoms with Crippen LogP contribution in [0.3, 0.4) is 0 Å². The fraction of sp³-hybridized carbons (Fsp3) is 0.500. The Bertz CT molecular complexity index is 458. The molecule has 2 heterocycles. The van der Waals surface area contributed by atoms with E-state index in [0.717, 1.165) is 13.1 Å². The van der Waals surface area contributed by atoms with Gasteiger partial charge < -0.3 is 15.4 Å². The van der Waals surface area contributed by atoms with Crippen molar-refractivity contribution in [3.8, 4) is 5.88 Å². The summed E-state index contributed by atoms with van der Waals surface area (Å²) in [5, 5.41) is 5.82. The predicted molar refractivity (Wildman–Crippen MR) is 64.5 cm³/mol. The normalized spacial score (nSPS) is 15.6. The van der Waals surface area contributed by atoms with Crippen LogP contribution in [0.5, 0.6) is 5.88 Å². The van der Waals surface area contributed by atoms with Crippen molar-refractivity contribution < 1.29 is 22.7 Å². The van der Waals surface area contributed by atoms with Crippen LogP contribution in [0, 0.1) is 5.92 Å². The Hall–Kier alpha value is -1.83. The number of aromatic nitrogens is 1. The maximum absolute atomic E-state index is 11.9. The molecule has 5 nitrogen and oxygen atoms in total. The molecule has 0 radical (unpaired) electrons. The Kier molecular flexibility index (Phi) is 4.43. The highest BCUT2D eigenvalue weighted by Gasteiger charge is 2.28. The van der Waals surface area contributed by atoms with Crippen LogP contribution < -0.4 is 15.4 Å². The van der Waals surface area contributed by atoms with Crippen LogP contribution in [0.2, 0.25) is 0 Å². The molecule has 8 heteroatoms. The third-order valence-corrected chi connectivity index (χ3v) is 2.80. The number of alkyl halides is 3. The number of pyridine rings is 1. The van der Waals surface area contributed by atoms with E-state index in [9.17, 15) is 18.0 Å². The van der Waals surface area contributed by atoms with Crippen molar-refractivity contribution in [2.45, 2.75) is 6.18 Å². The summed E-state index contributed by atoms with van der Waals surface area (Å²) in [6, 6.07) is 2.62. The highest BCUT2D eigenvalue weighted by Crippen LogP contribution is 2.17. The number of carbonyl (C=O) groups is 1. The highest BCUT2D eigenvalue weighted by molar-refractivity contribution is 5.93. The third kappa shape index (κ3) is 4.37. The molecule has 20 heavy (non-hydrogen) atoms. The van der Waals surface area contributed by atoms with Gasteiger partial charge in [-0.3, -0.25) is 4.79 Å². The zero-order valence-electron chi connectivity index (χ0n) is 10.5. The Morgan fingerprint density at radius 2 is 2.20 bits per heavy atom. The van der Waals surface area contributed by atoms with Gasteiger partial charge in [0, 0.05) is 37.8 Å². The molecular weight excluding hydrogens is 275 g/mol. The summed E-state index contributed by atoms with van der Waals surface area (Å²) in [7, 11) is 0. The number of rotatable bonds is 5. The van der Waals surface area contributed by atoms with Gasteiger partial charge in [-0.1, -0.05) is 0 Å². The summed E-state index contributed by atoms with van der Waals surface area (Å²) >= 11 is 0. The van der Waals surface area contributed by atoms with Crippen LogP contribution >= 0.6 is 0 Å². The van der Waals surface area contributed by atoms with Gasteiger partial charge in [0.2, 0.25) is 5.88 Å². The third-order valence-electron chi connectivity index (χ3n) is 2.80. The summed E-state index contributed by atoms with van der Waals surface area (Å²) in [6.07, 6.45) is -3.21. The summed E-state index contributed by atoms with van der Waals surface area (Å²) in [6.45, 7) is 0.921. The second-order valence-electron chi connectivity index (χ2n) is 4.52. The minimum absolute atomic E-state index is 0.165. The first kappa shape index (κ1) is 14.6. The van der Waals surface area contributed by atoms with Gasteiger partial charge in [0.05, 0.1) is 5.56 Å². The van der Waals surface area contributed by atoms with E-state index < -0.39 is 12.8 Å². The first-order chi connectivity index (χ1) is 9.44. The largest absolute Gasteiger partial charge is 0.468 e. The van der Waals surface area contributed by atoms with Gasteiger partial charge >= 0.3 is 6.18 Å². The number of nitrogens with one attached hydrogen (secondary N) is 2. The Morgan fingerprint density at radius 3 is 2.70 bits per heavy atom. The summed E-state index contributed by atoms with van der Waals surface area (Å²) < 4.78 is 40.3. The second-order valence-corrected chi connectivity index (χ2v) is 4.52. The van der Waals surface area contributed by atoms with E-state index in [0.29, 0.717) is 12.5 Å². The summed E-state index contributed by atoms with van der Waals surface area (Å²) in [5.41, 5.74) is 0.289. The van der Waals surface area contributed by atoms with Gasteiger partial charge in [-0.15, -0.1) is 0 Å². The first-order valence-corrected chi connectivity index (χ1v) is 6.08. The van der Waals surface area contributed by atoms with E-state index in [1.807, 2.05) is 0 Å². The van der Waals surface area contributed by atoms with Crippen molar-refractivity contribution in [3.05, 3.63) is 23.9 Å². The lowest BCUT2D eigenvalue weighted by Crippen LogP contribution is -2.48. The van der Waals surface area contributed by atoms with Crippen molar-refractivity contribution >= 4 is 5.91 Å². The quantitative estimate of drug-likeness (QED) is 0.848. The lowest BCUT2D eigenvalue weighted by atomic mass is 10.0. The number of hydrogen-bond donors (Lipinski definition) is 2. The van der Waals surface area contributed by atoms with Gasteiger partial charge in [0.15, 0.2) is 6.61 Å². The van der Waals surface area contributed by atoms with Crippen LogP contribution in [0.25, 0.3) is 0 Å². The number of carbonyl (C=O) groups excluding carboxylic acids is 1. The zero-order valence-corrected chi connectivity index (χ0v) is 10.5. The van der Waals surface area contributed by atoms with Crippen LogP contribution in [-0.2, 0) is 0 Å². The maximum Gasteiger partial charge on any atom is 0.422 e. The van der Waals surface area contributed by atoms with Crippen molar-refractivity contribution in [2.75, 3.05) is 26.2 Å². The van der Waals surface area contributed by atoms with Gasteiger partial charge in [-0.25, -0.2) is 4.98 Å².